The van der Waals surface area contributed by atoms with E-state index in [2.05, 4.69) is 23.3 Å². The topological polar surface area (TPSA) is 68.3 Å². The molecule has 1 saturated carbocycles. The number of para-hydroxylation sites is 1. The minimum Gasteiger partial charge on any atom is -0.456 e. The number of amides is 1. The van der Waals surface area contributed by atoms with Crippen molar-refractivity contribution in [2.75, 3.05) is 6.61 Å². The van der Waals surface area contributed by atoms with Crippen molar-refractivity contribution in [3.63, 3.8) is 0 Å². The number of carbonyl (C=O) groups excluding carboxylic acids is 2. The maximum Gasteiger partial charge on any atom is 0.306 e. The molecule has 0 radical (unpaired) electrons. The summed E-state index contributed by atoms with van der Waals surface area (Å²) in [6, 6.07) is 8.33. The molecule has 1 N–H and O–H groups in total. The molecular formula is C21H28N2O3S. The Labute approximate surface area is 164 Å². The van der Waals surface area contributed by atoms with E-state index in [0.717, 1.165) is 49.0 Å². The molecule has 1 aliphatic carbocycles. The standard InChI is InChI=1S/C21H28N2O3S/c1-15-8-2-3-9-16(15)22-19(24)14-26-21(25)13-7-6-12-20-23-17-10-4-5-11-18(17)27-20/h4-5,10-11,15-16H,2-3,6-9,12-14H2,1H3,(H,22,24)/t15-,16-/m0/s1. The maximum atomic E-state index is 12.0. The van der Waals surface area contributed by atoms with Crippen LogP contribution >= 0.6 is 11.3 Å². The molecule has 5 nitrogen and oxygen atoms in total. The quantitative estimate of drug-likeness (QED) is 0.542. The fourth-order valence-electron chi connectivity index (χ4n) is 3.57. The Morgan fingerprint density at radius 3 is 2.85 bits per heavy atom. The summed E-state index contributed by atoms with van der Waals surface area (Å²) >= 11 is 1.71. The molecule has 1 aromatic heterocycles. The van der Waals surface area contributed by atoms with Crippen LogP contribution in [0.25, 0.3) is 10.2 Å². The van der Waals surface area contributed by atoms with Gasteiger partial charge in [0.25, 0.3) is 5.91 Å². The van der Waals surface area contributed by atoms with Crippen LogP contribution in [0.5, 0.6) is 0 Å². The Morgan fingerprint density at radius 2 is 2.04 bits per heavy atom. The average Bonchev–Trinajstić information content (AvgIpc) is 3.08. The monoisotopic (exact) mass is 388 g/mol. The molecule has 1 heterocycles. The van der Waals surface area contributed by atoms with E-state index < -0.39 is 0 Å². The first-order chi connectivity index (χ1) is 13.1. The van der Waals surface area contributed by atoms with E-state index in [0.29, 0.717) is 12.3 Å². The summed E-state index contributed by atoms with van der Waals surface area (Å²) in [7, 11) is 0. The van der Waals surface area contributed by atoms with Crippen LogP contribution in [-0.2, 0) is 20.7 Å². The average molecular weight is 389 g/mol. The lowest BCUT2D eigenvalue weighted by molar-refractivity contribution is -0.149. The molecular weight excluding hydrogens is 360 g/mol. The van der Waals surface area contributed by atoms with Gasteiger partial charge < -0.3 is 10.1 Å². The number of aromatic nitrogens is 1. The van der Waals surface area contributed by atoms with Gasteiger partial charge in [-0.3, -0.25) is 9.59 Å². The lowest BCUT2D eigenvalue weighted by atomic mass is 9.86. The second-order valence-electron chi connectivity index (χ2n) is 7.38. The largest absolute Gasteiger partial charge is 0.456 e. The lowest BCUT2D eigenvalue weighted by Gasteiger charge is -2.29. The van der Waals surface area contributed by atoms with E-state index >= 15 is 0 Å². The summed E-state index contributed by atoms with van der Waals surface area (Å²) in [6.45, 7) is 2.00. The Kier molecular flexibility index (Phi) is 7.21. The Balaban J connectivity index is 1.29. The number of aryl methyl sites for hydroxylation is 1. The van der Waals surface area contributed by atoms with Crippen molar-refractivity contribution >= 4 is 33.4 Å². The minimum atomic E-state index is -0.300. The van der Waals surface area contributed by atoms with E-state index in [4.69, 9.17) is 4.74 Å². The van der Waals surface area contributed by atoms with E-state index in [1.807, 2.05) is 18.2 Å². The van der Waals surface area contributed by atoms with Crippen molar-refractivity contribution in [3.8, 4) is 0 Å². The molecule has 1 aromatic carbocycles. The summed E-state index contributed by atoms with van der Waals surface area (Å²) in [5.41, 5.74) is 1.04. The Bertz CT molecular complexity index is 741. The number of unbranched alkanes of at least 4 members (excludes halogenated alkanes) is 1. The van der Waals surface area contributed by atoms with Crippen LogP contribution in [-0.4, -0.2) is 29.5 Å². The number of nitrogens with one attached hydrogen (secondary N) is 1. The molecule has 1 aliphatic rings. The fraction of sp³-hybridized carbons (Fsp3) is 0.571. The van der Waals surface area contributed by atoms with Gasteiger partial charge in [0.05, 0.1) is 15.2 Å². The number of hydrogen-bond donors (Lipinski definition) is 1. The maximum absolute atomic E-state index is 12.0. The van der Waals surface area contributed by atoms with Gasteiger partial charge in [0.1, 0.15) is 0 Å². The molecule has 2 aromatic rings. The third-order valence-electron chi connectivity index (χ3n) is 5.18. The van der Waals surface area contributed by atoms with Crippen molar-refractivity contribution in [2.45, 2.75) is 64.3 Å². The molecule has 1 amide bonds. The molecule has 3 rings (SSSR count). The SMILES string of the molecule is C[C@H]1CCCC[C@@H]1NC(=O)COC(=O)CCCCc1nc2ccccc2s1. The van der Waals surface area contributed by atoms with Crippen molar-refractivity contribution in [1.29, 1.82) is 0 Å². The highest BCUT2D eigenvalue weighted by Crippen LogP contribution is 2.24. The van der Waals surface area contributed by atoms with Gasteiger partial charge in [0.2, 0.25) is 0 Å². The van der Waals surface area contributed by atoms with Gasteiger partial charge >= 0.3 is 5.97 Å². The number of esters is 1. The van der Waals surface area contributed by atoms with Crippen LogP contribution in [0.2, 0.25) is 0 Å². The number of thiazole rings is 1. The zero-order valence-corrected chi connectivity index (χ0v) is 16.7. The summed E-state index contributed by atoms with van der Waals surface area (Å²) in [6.07, 6.45) is 7.41. The van der Waals surface area contributed by atoms with Crippen molar-refractivity contribution < 1.29 is 14.3 Å². The van der Waals surface area contributed by atoms with E-state index in [1.54, 1.807) is 11.3 Å². The lowest BCUT2D eigenvalue weighted by Crippen LogP contribution is -2.42. The van der Waals surface area contributed by atoms with Crippen molar-refractivity contribution in [3.05, 3.63) is 29.3 Å². The molecule has 146 valence electrons. The predicted octanol–water partition coefficient (Wildman–Crippen LogP) is 4.25. The Hall–Kier alpha value is -1.95. The first-order valence-corrected chi connectivity index (χ1v) is 10.7. The number of benzene rings is 1. The van der Waals surface area contributed by atoms with Crippen LogP contribution in [0.1, 0.15) is 56.9 Å². The highest BCUT2D eigenvalue weighted by Gasteiger charge is 2.23. The van der Waals surface area contributed by atoms with Crippen molar-refractivity contribution in [2.24, 2.45) is 5.92 Å². The van der Waals surface area contributed by atoms with Crippen LogP contribution in [0, 0.1) is 5.92 Å². The van der Waals surface area contributed by atoms with Gasteiger partial charge in [-0.1, -0.05) is 31.9 Å². The van der Waals surface area contributed by atoms with Crippen molar-refractivity contribution in [1.82, 2.24) is 10.3 Å². The molecule has 0 bridgehead atoms. The van der Waals surface area contributed by atoms with Gasteiger partial charge in [0, 0.05) is 12.5 Å². The summed E-state index contributed by atoms with van der Waals surface area (Å²) < 4.78 is 6.32. The predicted molar refractivity (Wildman–Crippen MR) is 108 cm³/mol. The third-order valence-corrected chi connectivity index (χ3v) is 6.28. The smallest absolute Gasteiger partial charge is 0.306 e. The second-order valence-corrected chi connectivity index (χ2v) is 8.49. The highest BCUT2D eigenvalue weighted by molar-refractivity contribution is 7.18. The zero-order chi connectivity index (χ0) is 19.1. The molecule has 2 atom stereocenters. The second kappa shape index (κ2) is 9.83. The molecule has 1 fully saturated rings. The minimum absolute atomic E-state index is 0.167. The molecule has 6 heteroatoms. The number of hydrogen-bond acceptors (Lipinski definition) is 5. The summed E-state index contributed by atoms with van der Waals surface area (Å²) in [5.74, 6) is 0.0172. The third kappa shape index (κ3) is 6.03. The van der Waals surface area contributed by atoms with Gasteiger partial charge in [0.15, 0.2) is 6.61 Å². The van der Waals surface area contributed by atoms with Crippen LogP contribution in [0.3, 0.4) is 0 Å². The number of rotatable bonds is 8. The fourth-order valence-corrected chi connectivity index (χ4v) is 4.58. The zero-order valence-electron chi connectivity index (χ0n) is 15.9. The van der Waals surface area contributed by atoms with Gasteiger partial charge in [-0.05, 0) is 50.2 Å². The molecule has 0 aliphatic heterocycles. The van der Waals surface area contributed by atoms with E-state index in [-0.39, 0.29) is 24.5 Å². The summed E-state index contributed by atoms with van der Waals surface area (Å²) in [5, 5.41) is 4.10. The van der Waals surface area contributed by atoms with Crippen LogP contribution in [0.15, 0.2) is 24.3 Å². The first kappa shape index (κ1) is 19.8. The summed E-state index contributed by atoms with van der Waals surface area (Å²) in [4.78, 5) is 28.4. The highest BCUT2D eigenvalue weighted by atomic mass is 32.1. The number of carbonyl (C=O) groups is 2. The van der Waals surface area contributed by atoms with E-state index in [1.165, 1.54) is 11.1 Å². The molecule has 0 spiro atoms. The number of ether oxygens (including phenoxy) is 1. The number of nitrogens with zero attached hydrogens (tertiary/aromatic N) is 1. The number of fused-ring (bicyclic) bond motifs is 1. The normalized spacial score (nSPS) is 19.7. The molecule has 27 heavy (non-hydrogen) atoms. The first-order valence-electron chi connectivity index (χ1n) is 9.91. The van der Waals surface area contributed by atoms with Crippen LogP contribution < -0.4 is 5.32 Å². The van der Waals surface area contributed by atoms with E-state index in [9.17, 15) is 9.59 Å². The van der Waals surface area contributed by atoms with Gasteiger partial charge in [-0.15, -0.1) is 11.3 Å². The molecule has 0 saturated heterocycles. The van der Waals surface area contributed by atoms with Gasteiger partial charge in [-0.25, -0.2) is 4.98 Å². The van der Waals surface area contributed by atoms with Gasteiger partial charge in [-0.2, -0.15) is 0 Å². The van der Waals surface area contributed by atoms with Crippen LogP contribution in [0.4, 0.5) is 0 Å². The molecule has 0 unspecified atom stereocenters. The Morgan fingerprint density at radius 1 is 1.22 bits per heavy atom.